The minimum absolute atomic E-state index is 0.162. The van der Waals surface area contributed by atoms with E-state index < -0.39 is 5.72 Å². The zero-order valence-electron chi connectivity index (χ0n) is 7.42. The van der Waals surface area contributed by atoms with Gasteiger partial charge in [-0.25, -0.2) is 0 Å². The van der Waals surface area contributed by atoms with Crippen LogP contribution in [0.4, 0.5) is 0 Å². The molecule has 0 saturated heterocycles. The third kappa shape index (κ3) is 2.60. The van der Waals surface area contributed by atoms with Gasteiger partial charge in [0.2, 0.25) is 0 Å². The van der Waals surface area contributed by atoms with Gasteiger partial charge in [0.05, 0.1) is 0 Å². The van der Waals surface area contributed by atoms with E-state index in [2.05, 4.69) is 0 Å². The normalized spacial score (nSPS) is 19.0. The highest BCUT2D eigenvalue weighted by Gasteiger charge is 2.33. The van der Waals surface area contributed by atoms with Crippen molar-refractivity contribution in [2.24, 2.45) is 11.7 Å². The summed E-state index contributed by atoms with van der Waals surface area (Å²) in [6, 6.07) is 0. The first-order valence-corrected chi connectivity index (χ1v) is 3.95. The summed E-state index contributed by atoms with van der Waals surface area (Å²) in [5, 5.41) is 9.42. The fraction of sp³-hybridized carbons (Fsp3) is 0.875. The molecule has 2 atom stereocenters. The van der Waals surface area contributed by atoms with Crippen LogP contribution in [0, 0.1) is 5.92 Å². The average Bonchev–Trinajstić information content (AvgIpc) is 1.88. The smallest absolute Gasteiger partial charge is 0.176 e. The lowest BCUT2D eigenvalue weighted by atomic mass is 9.91. The number of ketones is 1. The molecule has 3 N–H and O–H groups in total. The van der Waals surface area contributed by atoms with Crippen molar-refractivity contribution in [2.75, 3.05) is 0 Å². The van der Waals surface area contributed by atoms with E-state index >= 15 is 0 Å². The van der Waals surface area contributed by atoms with Gasteiger partial charge in [0.25, 0.3) is 0 Å². The third-order valence-electron chi connectivity index (χ3n) is 2.04. The number of hydrogen-bond acceptors (Lipinski definition) is 3. The van der Waals surface area contributed by atoms with Crippen molar-refractivity contribution >= 4 is 5.78 Å². The van der Waals surface area contributed by atoms with Gasteiger partial charge in [-0.3, -0.25) is 10.5 Å². The molecule has 66 valence electrons. The molecule has 0 aliphatic carbocycles. The van der Waals surface area contributed by atoms with E-state index in [0.717, 1.165) is 12.8 Å². The summed E-state index contributed by atoms with van der Waals surface area (Å²) < 4.78 is 0. The molecule has 0 aromatic heterocycles. The maximum atomic E-state index is 10.8. The van der Waals surface area contributed by atoms with E-state index in [-0.39, 0.29) is 11.7 Å². The summed E-state index contributed by atoms with van der Waals surface area (Å²) in [5.74, 6) is -0.525. The van der Waals surface area contributed by atoms with Crippen molar-refractivity contribution in [1.29, 1.82) is 0 Å². The van der Waals surface area contributed by atoms with Gasteiger partial charge in [0.1, 0.15) is 0 Å². The SMILES string of the molecule is CCC[C@H](C)C(N)(O)C(C)=O. The first-order valence-electron chi connectivity index (χ1n) is 3.95. The highest BCUT2D eigenvalue weighted by atomic mass is 16.3. The molecule has 0 aliphatic heterocycles. The fourth-order valence-corrected chi connectivity index (χ4v) is 1.00. The number of Topliss-reactive ketones (excluding diaryl/α,β-unsaturated/α-hetero) is 1. The van der Waals surface area contributed by atoms with Crippen LogP contribution in [0.3, 0.4) is 0 Å². The molecule has 3 heteroatoms. The molecule has 3 nitrogen and oxygen atoms in total. The van der Waals surface area contributed by atoms with E-state index in [4.69, 9.17) is 5.73 Å². The number of aliphatic hydroxyl groups is 1. The highest BCUT2D eigenvalue weighted by molar-refractivity contribution is 5.84. The van der Waals surface area contributed by atoms with Crippen molar-refractivity contribution in [3.8, 4) is 0 Å². The maximum Gasteiger partial charge on any atom is 0.176 e. The average molecular weight is 159 g/mol. The third-order valence-corrected chi connectivity index (χ3v) is 2.04. The van der Waals surface area contributed by atoms with Crippen LogP contribution in [0.2, 0.25) is 0 Å². The van der Waals surface area contributed by atoms with Crippen LogP contribution < -0.4 is 5.73 Å². The molecule has 0 spiro atoms. The lowest BCUT2D eigenvalue weighted by Gasteiger charge is -2.26. The summed E-state index contributed by atoms with van der Waals surface area (Å²) in [6.45, 7) is 5.09. The molecule has 0 heterocycles. The quantitative estimate of drug-likeness (QED) is 0.592. The topological polar surface area (TPSA) is 63.3 Å². The fourth-order valence-electron chi connectivity index (χ4n) is 1.00. The Balaban J connectivity index is 4.17. The van der Waals surface area contributed by atoms with E-state index in [9.17, 15) is 9.90 Å². The van der Waals surface area contributed by atoms with E-state index in [1.165, 1.54) is 6.92 Å². The molecular weight excluding hydrogens is 142 g/mol. The zero-order valence-corrected chi connectivity index (χ0v) is 7.42. The van der Waals surface area contributed by atoms with E-state index in [1.807, 2.05) is 6.92 Å². The Kier molecular flexibility index (Phi) is 3.69. The molecule has 0 bridgehead atoms. The van der Waals surface area contributed by atoms with Gasteiger partial charge in [0.15, 0.2) is 11.5 Å². The molecule has 11 heavy (non-hydrogen) atoms. The lowest BCUT2D eigenvalue weighted by Crippen LogP contribution is -2.52. The molecule has 0 aromatic carbocycles. The Morgan fingerprint density at radius 1 is 1.73 bits per heavy atom. The predicted octanol–water partition coefficient (Wildman–Crippen LogP) is 0.659. The minimum Gasteiger partial charge on any atom is -0.369 e. The van der Waals surface area contributed by atoms with Crippen molar-refractivity contribution < 1.29 is 9.90 Å². The van der Waals surface area contributed by atoms with Crippen LogP contribution in [0.15, 0.2) is 0 Å². The van der Waals surface area contributed by atoms with Gasteiger partial charge in [-0.2, -0.15) is 0 Å². The summed E-state index contributed by atoms with van der Waals surface area (Å²) >= 11 is 0. The van der Waals surface area contributed by atoms with Gasteiger partial charge in [-0.15, -0.1) is 0 Å². The second-order valence-electron chi connectivity index (χ2n) is 3.07. The Morgan fingerprint density at radius 3 is 2.45 bits per heavy atom. The van der Waals surface area contributed by atoms with E-state index in [1.54, 1.807) is 6.92 Å². The van der Waals surface area contributed by atoms with Gasteiger partial charge in [0, 0.05) is 5.92 Å². The molecule has 0 rings (SSSR count). The molecule has 0 aliphatic rings. The van der Waals surface area contributed by atoms with Crippen LogP contribution in [0.25, 0.3) is 0 Å². The van der Waals surface area contributed by atoms with Crippen molar-refractivity contribution in [3.05, 3.63) is 0 Å². The summed E-state index contributed by atoms with van der Waals surface area (Å²) in [7, 11) is 0. The largest absolute Gasteiger partial charge is 0.369 e. The molecule has 0 radical (unpaired) electrons. The number of carbonyl (C=O) groups is 1. The predicted molar refractivity (Wildman–Crippen MR) is 43.9 cm³/mol. The Labute approximate surface area is 67.6 Å². The van der Waals surface area contributed by atoms with Gasteiger partial charge < -0.3 is 5.11 Å². The van der Waals surface area contributed by atoms with Crippen molar-refractivity contribution in [3.63, 3.8) is 0 Å². The zero-order chi connectivity index (χ0) is 9.07. The Morgan fingerprint density at radius 2 is 2.18 bits per heavy atom. The summed E-state index contributed by atoms with van der Waals surface area (Å²) in [5.41, 5.74) is 3.77. The Bertz CT molecular complexity index is 143. The Hall–Kier alpha value is -0.410. The second kappa shape index (κ2) is 3.83. The lowest BCUT2D eigenvalue weighted by molar-refractivity contribution is -0.140. The van der Waals surface area contributed by atoms with E-state index in [0.29, 0.717) is 0 Å². The standard InChI is InChI=1S/C8H17NO2/c1-4-5-6(2)8(9,11)7(3)10/h6,11H,4-5,9H2,1-3H3/t6-,8?/m0/s1. The molecular formula is C8H17NO2. The highest BCUT2D eigenvalue weighted by Crippen LogP contribution is 2.17. The maximum absolute atomic E-state index is 10.8. The molecule has 0 fully saturated rings. The van der Waals surface area contributed by atoms with Crippen LogP contribution in [0.1, 0.15) is 33.6 Å². The monoisotopic (exact) mass is 159 g/mol. The van der Waals surface area contributed by atoms with Crippen LogP contribution in [-0.2, 0) is 4.79 Å². The first kappa shape index (κ1) is 10.6. The second-order valence-corrected chi connectivity index (χ2v) is 3.07. The van der Waals surface area contributed by atoms with Gasteiger partial charge >= 0.3 is 0 Å². The van der Waals surface area contributed by atoms with Crippen LogP contribution in [0.5, 0.6) is 0 Å². The minimum atomic E-state index is -1.63. The summed E-state index contributed by atoms with van der Waals surface area (Å²) in [6.07, 6.45) is 1.69. The van der Waals surface area contributed by atoms with Gasteiger partial charge in [-0.1, -0.05) is 20.3 Å². The summed E-state index contributed by atoms with van der Waals surface area (Å²) in [4.78, 5) is 10.8. The number of nitrogens with two attached hydrogens (primary N) is 1. The van der Waals surface area contributed by atoms with Crippen LogP contribution >= 0.6 is 0 Å². The number of rotatable bonds is 4. The van der Waals surface area contributed by atoms with Crippen molar-refractivity contribution in [2.45, 2.75) is 39.3 Å². The van der Waals surface area contributed by atoms with Crippen LogP contribution in [-0.4, -0.2) is 16.6 Å². The molecule has 1 unspecified atom stereocenters. The van der Waals surface area contributed by atoms with Gasteiger partial charge in [-0.05, 0) is 13.3 Å². The number of hydrogen-bond donors (Lipinski definition) is 2. The molecule has 0 amide bonds. The first-order chi connectivity index (χ1) is 4.92. The molecule has 0 aromatic rings. The van der Waals surface area contributed by atoms with Crippen molar-refractivity contribution in [1.82, 2.24) is 0 Å². The number of carbonyl (C=O) groups excluding carboxylic acids is 1. The molecule has 0 saturated carbocycles.